The van der Waals surface area contributed by atoms with E-state index in [0.717, 1.165) is 17.0 Å². The first-order chi connectivity index (χ1) is 12.9. The third-order valence-electron chi connectivity index (χ3n) is 3.88. The molecule has 0 aromatic carbocycles. The lowest BCUT2D eigenvalue weighted by molar-refractivity contribution is 0.0595. The summed E-state index contributed by atoms with van der Waals surface area (Å²) < 4.78 is 4.77. The molecule has 138 valence electrons. The molecule has 9 heteroatoms. The van der Waals surface area contributed by atoms with Crippen molar-refractivity contribution in [2.24, 2.45) is 0 Å². The maximum Gasteiger partial charge on any atom is 0.356 e. The Morgan fingerprint density at radius 3 is 2.85 bits per heavy atom. The summed E-state index contributed by atoms with van der Waals surface area (Å²) in [5.74, 6) is -0.475. The van der Waals surface area contributed by atoms with Gasteiger partial charge in [0.1, 0.15) is 17.5 Å². The molecule has 0 aliphatic heterocycles. The minimum absolute atomic E-state index is 0.101. The summed E-state index contributed by atoms with van der Waals surface area (Å²) >= 11 is 1.55. The van der Waals surface area contributed by atoms with Gasteiger partial charge >= 0.3 is 5.97 Å². The lowest BCUT2D eigenvalue weighted by Crippen LogP contribution is -2.09. The summed E-state index contributed by atoms with van der Waals surface area (Å²) in [7, 11) is 5.28. The second kappa shape index (κ2) is 7.57. The second-order valence-corrected chi connectivity index (χ2v) is 7.05. The summed E-state index contributed by atoms with van der Waals surface area (Å²) in [6.45, 7) is 0.809. The molecule has 0 aliphatic rings. The first-order valence-corrected chi connectivity index (χ1v) is 8.87. The number of H-pyrrole nitrogens is 1. The van der Waals surface area contributed by atoms with Gasteiger partial charge in [-0.25, -0.2) is 9.78 Å². The van der Waals surface area contributed by atoms with Crippen LogP contribution in [0.2, 0.25) is 0 Å². The molecule has 0 radical (unpaired) electrons. The van der Waals surface area contributed by atoms with Crippen molar-refractivity contribution in [3.05, 3.63) is 40.5 Å². The smallest absolute Gasteiger partial charge is 0.356 e. The zero-order chi connectivity index (χ0) is 19.6. The van der Waals surface area contributed by atoms with Gasteiger partial charge in [-0.2, -0.15) is 10.4 Å². The molecular weight excluding hydrogens is 364 g/mol. The number of ether oxygens (including phenoxy) is 1. The van der Waals surface area contributed by atoms with Gasteiger partial charge in [0.2, 0.25) is 0 Å². The van der Waals surface area contributed by atoms with Crippen LogP contribution in [0, 0.1) is 11.3 Å². The van der Waals surface area contributed by atoms with E-state index in [1.54, 1.807) is 17.4 Å². The summed E-state index contributed by atoms with van der Waals surface area (Å²) in [5, 5.41) is 18.1. The number of anilines is 1. The van der Waals surface area contributed by atoms with Crippen LogP contribution in [-0.2, 0) is 11.3 Å². The number of carbonyl (C=O) groups is 1. The normalized spacial score (nSPS) is 10.8. The molecule has 0 atom stereocenters. The molecule has 0 bridgehead atoms. The average Bonchev–Trinajstić information content (AvgIpc) is 3.29. The van der Waals surface area contributed by atoms with Gasteiger partial charge in [0, 0.05) is 17.7 Å². The number of esters is 1. The first-order valence-electron chi connectivity index (χ1n) is 7.99. The van der Waals surface area contributed by atoms with E-state index in [2.05, 4.69) is 31.5 Å². The van der Waals surface area contributed by atoms with E-state index in [4.69, 9.17) is 10.5 Å². The Labute approximate surface area is 160 Å². The number of pyridine rings is 1. The summed E-state index contributed by atoms with van der Waals surface area (Å²) in [4.78, 5) is 19.4. The molecular formula is C18H18N6O2S. The van der Waals surface area contributed by atoms with Crippen LogP contribution in [0.3, 0.4) is 0 Å². The molecule has 3 heterocycles. The Morgan fingerprint density at radius 1 is 1.41 bits per heavy atom. The molecule has 0 spiro atoms. The third kappa shape index (κ3) is 3.67. The Hall–Kier alpha value is -3.22. The Balaban J connectivity index is 2.13. The van der Waals surface area contributed by atoms with Gasteiger partial charge in [-0.3, -0.25) is 5.10 Å². The molecule has 3 aromatic rings. The van der Waals surface area contributed by atoms with Crippen molar-refractivity contribution in [2.45, 2.75) is 6.54 Å². The van der Waals surface area contributed by atoms with E-state index in [1.807, 2.05) is 20.2 Å². The third-order valence-corrected chi connectivity index (χ3v) is 4.88. The molecule has 3 rings (SSSR count). The number of hydrogen-bond acceptors (Lipinski definition) is 8. The van der Waals surface area contributed by atoms with Gasteiger partial charge in [0.25, 0.3) is 0 Å². The molecule has 0 saturated carbocycles. The Bertz CT molecular complexity index is 1030. The fourth-order valence-corrected chi connectivity index (χ4v) is 3.59. The molecule has 3 N–H and O–H groups in total. The predicted molar refractivity (Wildman–Crippen MR) is 103 cm³/mol. The molecule has 0 aliphatic carbocycles. The molecule has 8 nitrogen and oxygen atoms in total. The number of aromatic nitrogens is 3. The zero-order valence-electron chi connectivity index (χ0n) is 15.1. The molecule has 27 heavy (non-hydrogen) atoms. The number of methoxy groups -OCH3 is 1. The fourth-order valence-electron chi connectivity index (χ4n) is 2.73. The van der Waals surface area contributed by atoms with E-state index in [1.165, 1.54) is 13.3 Å². The number of rotatable bonds is 5. The number of nitrogens with zero attached hydrogens (tertiary/aromatic N) is 4. The topological polar surface area (TPSA) is 121 Å². The maximum atomic E-state index is 12.0. The molecule has 0 fully saturated rings. The van der Waals surface area contributed by atoms with Crippen LogP contribution < -0.4 is 5.73 Å². The number of nitrogen functional groups attached to an aromatic ring is 1. The van der Waals surface area contributed by atoms with Crippen LogP contribution in [0.25, 0.3) is 21.7 Å². The van der Waals surface area contributed by atoms with Gasteiger partial charge in [0.05, 0.1) is 23.9 Å². The second-order valence-electron chi connectivity index (χ2n) is 6.13. The van der Waals surface area contributed by atoms with Crippen molar-refractivity contribution in [1.82, 2.24) is 20.1 Å². The number of carbonyl (C=O) groups excluding carboxylic acids is 1. The monoisotopic (exact) mass is 382 g/mol. The van der Waals surface area contributed by atoms with Crippen molar-refractivity contribution in [2.75, 3.05) is 26.9 Å². The van der Waals surface area contributed by atoms with Crippen LogP contribution in [0.4, 0.5) is 5.82 Å². The summed E-state index contributed by atoms with van der Waals surface area (Å²) in [6, 6.07) is 5.85. The Morgan fingerprint density at radius 2 is 2.19 bits per heavy atom. The highest BCUT2D eigenvalue weighted by Gasteiger charge is 2.21. The number of nitriles is 1. The van der Waals surface area contributed by atoms with Gasteiger partial charge in [-0.05, 0) is 37.2 Å². The van der Waals surface area contributed by atoms with Crippen molar-refractivity contribution < 1.29 is 9.53 Å². The van der Waals surface area contributed by atoms with Crippen LogP contribution in [0.5, 0.6) is 0 Å². The van der Waals surface area contributed by atoms with Crippen molar-refractivity contribution in [1.29, 1.82) is 5.26 Å². The SMILES string of the molecule is COC(=O)c1[nH]ncc1-c1cc(-c2cc(CN(C)C)cs2)nc(N)c1C#N. The molecule has 0 unspecified atom stereocenters. The van der Waals surface area contributed by atoms with Crippen LogP contribution in [0.1, 0.15) is 21.6 Å². The highest BCUT2D eigenvalue weighted by Crippen LogP contribution is 2.34. The van der Waals surface area contributed by atoms with Crippen molar-refractivity contribution in [3.63, 3.8) is 0 Å². The van der Waals surface area contributed by atoms with Gasteiger partial charge in [-0.15, -0.1) is 11.3 Å². The van der Waals surface area contributed by atoms with Crippen molar-refractivity contribution >= 4 is 23.1 Å². The molecule has 3 aromatic heterocycles. The van der Waals surface area contributed by atoms with E-state index in [0.29, 0.717) is 16.8 Å². The first kappa shape index (κ1) is 18.6. The van der Waals surface area contributed by atoms with E-state index >= 15 is 0 Å². The van der Waals surface area contributed by atoms with Gasteiger partial charge in [0.15, 0.2) is 5.69 Å². The zero-order valence-corrected chi connectivity index (χ0v) is 15.9. The highest BCUT2D eigenvalue weighted by molar-refractivity contribution is 7.13. The highest BCUT2D eigenvalue weighted by atomic mass is 32.1. The van der Waals surface area contributed by atoms with Gasteiger partial charge < -0.3 is 15.4 Å². The van der Waals surface area contributed by atoms with E-state index in [-0.39, 0.29) is 17.1 Å². The molecule has 0 saturated heterocycles. The number of aromatic amines is 1. The van der Waals surface area contributed by atoms with Crippen LogP contribution >= 0.6 is 11.3 Å². The maximum absolute atomic E-state index is 12.0. The molecule has 0 amide bonds. The van der Waals surface area contributed by atoms with Gasteiger partial charge in [-0.1, -0.05) is 0 Å². The van der Waals surface area contributed by atoms with E-state index < -0.39 is 5.97 Å². The fraction of sp³-hybridized carbons (Fsp3) is 0.222. The minimum Gasteiger partial charge on any atom is -0.464 e. The largest absolute Gasteiger partial charge is 0.464 e. The average molecular weight is 382 g/mol. The number of thiophene rings is 1. The minimum atomic E-state index is -0.576. The summed E-state index contributed by atoms with van der Waals surface area (Å²) in [6.07, 6.45) is 1.47. The lowest BCUT2D eigenvalue weighted by Gasteiger charge is -2.09. The van der Waals surface area contributed by atoms with E-state index in [9.17, 15) is 10.1 Å². The predicted octanol–water partition coefficient (Wildman–Crippen LogP) is 2.50. The van der Waals surface area contributed by atoms with Crippen LogP contribution in [-0.4, -0.2) is 47.3 Å². The summed E-state index contributed by atoms with van der Waals surface area (Å²) in [5.41, 5.74) is 9.10. The lowest BCUT2D eigenvalue weighted by atomic mass is 10.00. The number of nitrogens with two attached hydrogens (primary N) is 1. The Kier molecular flexibility index (Phi) is 5.21. The quantitative estimate of drug-likeness (QED) is 0.650. The van der Waals surface area contributed by atoms with Crippen molar-refractivity contribution in [3.8, 4) is 27.8 Å². The van der Waals surface area contributed by atoms with Crippen LogP contribution in [0.15, 0.2) is 23.7 Å². The number of hydrogen-bond donors (Lipinski definition) is 2. The standard InChI is InChI=1S/C18H18N6O2S/c1-24(2)8-10-4-15(27-9-10)14-5-11(12(6-19)17(20)22-14)13-7-21-23-16(13)18(25)26-3/h4-5,7,9H,8H2,1-3H3,(H2,20,22)(H,21,23). The number of nitrogens with one attached hydrogen (secondary N) is 1.